The third-order valence-electron chi connectivity index (χ3n) is 5.24. The summed E-state index contributed by atoms with van der Waals surface area (Å²) in [6.45, 7) is 0.742. The van der Waals surface area contributed by atoms with Crippen molar-refractivity contribution in [3.8, 4) is 5.75 Å². The van der Waals surface area contributed by atoms with Crippen molar-refractivity contribution >= 4 is 15.9 Å². The van der Waals surface area contributed by atoms with Crippen LogP contribution in [-0.2, 0) is 18.3 Å². The summed E-state index contributed by atoms with van der Waals surface area (Å²) in [5.41, 5.74) is 10.9. The molecular weight excluding hydrogens is 314 g/mol. The summed E-state index contributed by atoms with van der Waals surface area (Å²) >= 11 is 3.72. The molecule has 0 atom stereocenters. The minimum atomic E-state index is 0.149. The van der Waals surface area contributed by atoms with Gasteiger partial charge >= 0.3 is 0 Å². The van der Waals surface area contributed by atoms with Gasteiger partial charge in [-0.05, 0) is 71.6 Å². The van der Waals surface area contributed by atoms with Gasteiger partial charge in [0, 0.05) is 17.5 Å². The van der Waals surface area contributed by atoms with Gasteiger partial charge in [0.15, 0.2) is 0 Å². The Bertz CT molecular complexity index is 506. The standard InChI is InChI=1S/C17H24BrNO/c1-20-16-14(18)10-12-6-2-3-7-13(12)15(16)17(11-19)8-4-5-9-17/h10H,2-9,11,19H2,1H3. The van der Waals surface area contributed by atoms with Crippen molar-refractivity contribution in [3.63, 3.8) is 0 Å². The van der Waals surface area contributed by atoms with E-state index in [0.717, 1.165) is 16.8 Å². The molecule has 110 valence electrons. The molecule has 0 aliphatic heterocycles. The Kier molecular flexibility index (Phi) is 4.09. The number of halogens is 1. The van der Waals surface area contributed by atoms with Crippen LogP contribution < -0.4 is 10.5 Å². The van der Waals surface area contributed by atoms with E-state index in [4.69, 9.17) is 10.5 Å². The van der Waals surface area contributed by atoms with Gasteiger partial charge in [0.1, 0.15) is 5.75 Å². The first-order valence-corrected chi connectivity index (χ1v) is 8.60. The number of benzene rings is 1. The van der Waals surface area contributed by atoms with Crippen LogP contribution in [0.3, 0.4) is 0 Å². The molecule has 2 aliphatic rings. The van der Waals surface area contributed by atoms with E-state index in [1.807, 2.05) is 0 Å². The van der Waals surface area contributed by atoms with Crippen LogP contribution in [0, 0.1) is 0 Å². The van der Waals surface area contributed by atoms with Crippen molar-refractivity contribution in [1.29, 1.82) is 0 Å². The van der Waals surface area contributed by atoms with Gasteiger partial charge in [-0.25, -0.2) is 0 Å². The zero-order chi connectivity index (χ0) is 14.2. The fourth-order valence-electron chi connectivity index (χ4n) is 4.22. The predicted molar refractivity (Wildman–Crippen MR) is 86.5 cm³/mol. The molecule has 2 nitrogen and oxygen atoms in total. The van der Waals surface area contributed by atoms with E-state index >= 15 is 0 Å². The minimum absolute atomic E-state index is 0.149. The number of fused-ring (bicyclic) bond motifs is 1. The molecule has 1 aromatic rings. The molecular formula is C17H24BrNO. The highest BCUT2D eigenvalue weighted by atomic mass is 79.9. The lowest BCUT2D eigenvalue weighted by Gasteiger charge is -2.35. The van der Waals surface area contributed by atoms with Gasteiger partial charge in [0.05, 0.1) is 11.6 Å². The third-order valence-corrected chi connectivity index (χ3v) is 5.83. The molecule has 0 amide bonds. The molecule has 0 saturated heterocycles. The molecule has 0 aromatic heterocycles. The molecule has 0 spiro atoms. The number of nitrogens with two attached hydrogens (primary N) is 1. The number of aryl methyl sites for hydroxylation is 1. The molecule has 3 rings (SSSR count). The van der Waals surface area contributed by atoms with Crippen molar-refractivity contribution in [2.45, 2.75) is 56.8 Å². The number of hydrogen-bond donors (Lipinski definition) is 1. The van der Waals surface area contributed by atoms with Gasteiger partial charge in [-0.3, -0.25) is 0 Å². The number of methoxy groups -OCH3 is 1. The molecule has 2 N–H and O–H groups in total. The van der Waals surface area contributed by atoms with Crippen LogP contribution in [0.25, 0.3) is 0 Å². The average Bonchev–Trinajstić information content (AvgIpc) is 2.95. The smallest absolute Gasteiger partial charge is 0.137 e. The van der Waals surface area contributed by atoms with E-state index < -0.39 is 0 Å². The van der Waals surface area contributed by atoms with Gasteiger partial charge in [0.2, 0.25) is 0 Å². The lowest BCUT2D eigenvalue weighted by atomic mass is 9.72. The fourth-order valence-corrected chi connectivity index (χ4v) is 4.85. The van der Waals surface area contributed by atoms with Gasteiger partial charge in [-0.2, -0.15) is 0 Å². The van der Waals surface area contributed by atoms with Gasteiger partial charge in [-0.1, -0.05) is 12.8 Å². The molecule has 0 unspecified atom stereocenters. The lowest BCUT2D eigenvalue weighted by Crippen LogP contribution is -2.34. The van der Waals surface area contributed by atoms with Crippen molar-refractivity contribution in [2.24, 2.45) is 5.73 Å². The summed E-state index contributed by atoms with van der Waals surface area (Å²) in [6.07, 6.45) is 10.0. The van der Waals surface area contributed by atoms with Crippen molar-refractivity contribution < 1.29 is 4.74 Å². The second-order valence-electron chi connectivity index (χ2n) is 6.30. The number of hydrogen-bond acceptors (Lipinski definition) is 2. The Morgan fingerprint density at radius 1 is 1.20 bits per heavy atom. The van der Waals surface area contributed by atoms with Crippen LogP contribution in [0.5, 0.6) is 5.75 Å². The molecule has 0 bridgehead atoms. The predicted octanol–water partition coefficient (Wildman–Crippen LogP) is 4.11. The minimum Gasteiger partial charge on any atom is -0.495 e. The average molecular weight is 338 g/mol. The SMILES string of the molecule is COc1c(Br)cc2c(c1C1(CN)CCCC1)CCCC2. The maximum atomic E-state index is 6.24. The van der Waals surface area contributed by atoms with Crippen LogP contribution in [0.4, 0.5) is 0 Å². The highest BCUT2D eigenvalue weighted by Gasteiger charge is 2.40. The molecule has 1 aromatic carbocycles. The number of rotatable bonds is 3. The molecule has 3 heteroatoms. The van der Waals surface area contributed by atoms with Crippen LogP contribution in [0.1, 0.15) is 55.2 Å². The molecule has 20 heavy (non-hydrogen) atoms. The second-order valence-corrected chi connectivity index (χ2v) is 7.16. The summed E-state index contributed by atoms with van der Waals surface area (Å²) in [4.78, 5) is 0. The number of ether oxygens (including phenoxy) is 1. The van der Waals surface area contributed by atoms with E-state index in [1.165, 1.54) is 62.5 Å². The Labute approximate surface area is 130 Å². The maximum Gasteiger partial charge on any atom is 0.137 e. The Hall–Kier alpha value is -0.540. The summed E-state index contributed by atoms with van der Waals surface area (Å²) < 4.78 is 6.89. The summed E-state index contributed by atoms with van der Waals surface area (Å²) in [5.74, 6) is 1.04. The second kappa shape index (κ2) is 5.69. The van der Waals surface area contributed by atoms with Crippen molar-refractivity contribution in [2.75, 3.05) is 13.7 Å². The Balaban J connectivity index is 2.23. The van der Waals surface area contributed by atoms with Gasteiger partial charge < -0.3 is 10.5 Å². The lowest BCUT2D eigenvalue weighted by molar-refractivity contribution is 0.371. The van der Waals surface area contributed by atoms with Crippen LogP contribution in [0.15, 0.2) is 10.5 Å². The zero-order valence-corrected chi connectivity index (χ0v) is 13.9. The van der Waals surface area contributed by atoms with E-state index in [1.54, 1.807) is 12.7 Å². The Morgan fingerprint density at radius 3 is 2.55 bits per heavy atom. The highest BCUT2D eigenvalue weighted by molar-refractivity contribution is 9.10. The quantitative estimate of drug-likeness (QED) is 0.900. The van der Waals surface area contributed by atoms with E-state index in [0.29, 0.717) is 0 Å². The molecule has 1 saturated carbocycles. The van der Waals surface area contributed by atoms with Crippen LogP contribution in [-0.4, -0.2) is 13.7 Å². The highest BCUT2D eigenvalue weighted by Crippen LogP contribution is 2.49. The molecule has 0 heterocycles. The fraction of sp³-hybridized carbons (Fsp3) is 0.647. The van der Waals surface area contributed by atoms with E-state index in [2.05, 4.69) is 22.0 Å². The first-order valence-electron chi connectivity index (χ1n) is 7.80. The van der Waals surface area contributed by atoms with Crippen molar-refractivity contribution in [3.05, 3.63) is 27.2 Å². The van der Waals surface area contributed by atoms with E-state index in [9.17, 15) is 0 Å². The van der Waals surface area contributed by atoms with Crippen molar-refractivity contribution in [1.82, 2.24) is 0 Å². The first kappa shape index (κ1) is 14.4. The summed E-state index contributed by atoms with van der Waals surface area (Å²) in [7, 11) is 1.79. The van der Waals surface area contributed by atoms with E-state index in [-0.39, 0.29) is 5.41 Å². The van der Waals surface area contributed by atoms with Gasteiger partial charge in [0.25, 0.3) is 0 Å². The van der Waals surface area contributed by atoms with Crippen LogP contribution in [0.2, 0.25) is 0 Å². The molecule has 2 aliphatic carbocycles. The molecule has 1 fully saturated rings. The normalized spacial score (nSPS) is 20.8. The Morgan fingerprint density at radius 2 is 1.90 bits per heavy atom. The topological polar surface area (TPSA) is 35.2 Å². The third kappa shape index (κ3) is 2.19. The monoisotopic (exact) mass is 337 g/mol. The first-order chi connectivity index (χ1) is 9.72. The zero-order valence-electron chi connectivity index (χ0n) is 12.3. The summed E-state index contributed by atoms with van der Waals surface area (Å²) in [6, 6.07) is 2.27. The van der Waals surface area contributed by atoms with Gasteiger partial charge in [-0.15, -0.1) is 0 Å². The van der Waals surface area contributed by atoms with Crippen LogP contribution >= 0.6 is 15.9 Å². The summed E-state index contributed by atoms with van der Waals surface area (Å²) in [5, 5.41) is 0. The maximum absolute atomic E-state index is 6.24. The largest absolute Gasteiger partial charge is 0.495 e. The molecule has 0 radical (unpaired) electrons.